The van der Waals surface area contributed by atoms with Gasteiger partial charge in [0.25, 0.3) is 0 Å². The third-order valence-electron chi connectivity index (χ3n) is 3.12. The van der Waals surface area contributed by atoms with Crippen LogP contribution < -0.4 is 0 Å². The van der Waals surface area contributed by atoms with Crippen LogP contribution in [0.25, 0.3) is 0 Å². The third kappa shape index (κ3) is 3.97. The SMILES string of the molecule is C=CC(C)(CC(C)(C)C)C(C)CC. The first-order chi connectivity index (χ1) is 5.75. The van der Waals surface area contributed by atoms with Crippen LogP contribution in [0.5, 0.6) is 0 Å². The molecule has 0 spiro atoms. The van der Waals surface area contributed by atoms with E-state index in [0.717, 1.165) is 5.92 Å². The summed E-state index contributed by atoms with van der Waals surface area (Å²) in [5.41, 5.74) is 0.694. The minimum absolute atomic E-state index is 0.299. The van der Waals surface area contributed by atoms with E-state index in [0.29, 0.717) is 10.8 Å². The highest BCUT2D eigenvalue weighted by Crippen LogP contribution is 2.41. The first kappa shape index (κ1) is 12.7. The van der Waals surface area contributed by atoms with Gasteiger partial charge >= 0.3 is 0 Å². The predicted octanol–water partition coefficient (Wildman–Crippen LogP) is 4.66. The van der Waals surface area contributed by atoms with Gasteiger partial charge in [0.05, 0.1) is 0 Å². The molecule has 0 fully saturated rings. The average molecular weight is 182 g/mol. The van der Waals surface area contributed by atoms with E-state index < -0.39 is 0 Å². The molecule has 0 amide bonds. The Morgan fingerprint density at radius 2 is 1.69 bits per heavy atom. The molecule has 0 aliphatic heterocycles. The highest BCUT2D eigenvalue weighted by Gasteiger charge is 2.31. The molecule has 0 aromatic carbocycles. The number of rotatable bonds is 4. The molecule has 2 atom stereocenters. The molecule has 0 heteroatoms. The maximum Gasteiger partial charge on any atom is -0.0119 e. The van der Waals surface area contributed by atoms with Gasteiger partial charge in [0, 0.05) is 0 Å². The van der Waals surface area contributed by atoms with Crippen molar-refractivity contribution in [2.45, 2.75) is 54.4 Å². The predicted molar refractivity (Wildman–Crippen MR) is 61.8 cm³/mol. The van der Waals surface area contributed by atoms with Gasteiger partial charge in [-0.15, -0.1) is 6.58 Å². The third-order valence-corrected chi connectivity index (χ3v) is 3.12. The highest BCUT2D eigenvalue weighted by atomic mass is 14.4. The second kappa shape index (κ2) is 4.30. The fraction of sp³-hybridized carbons (Fsp3) is 0.846. The number of allylic oxidation sites excluding steroid dienone is 1. The monoisotopic (exact) mass is 182 g/mol. The van der Waals surface area contributed by atoms with Crippen LogP contribution in [-0.2, 0) is 0 Å². The van der Waals surface area contributed by atoms with Crippen molar-refractivity contribution in [3.63, 3.8) is 0 Å². The molecule has 0 radical (unpaired) electrons. The average Bonchev–Trinajstić information content (AvgIpc) is 1.99. The van der Waals surface area contributed by atoms with Crippen molar-refractivity contribution >= 4 is 0 Å². The lowest BCUT2D eigenvalue weighted by molar-refractivity contribution is 0.170. The first-order valence-electron chi connectivity index (χ1n) is 5.39. The Morgan fingerprint density at radius 3 is 1.92 bits per heavy atom. The lowest BCUT2D eigenvalue weighted by Crippen LogP contribution is -2.28. The van der Waals surface area contributed by atoms with Crippen LogP contribution in [0.4, 0.5) is 0 Å². The van der Waals surface area contributed by atoms with Gasteiger partial charge in [-0.3, -0.25) is 0 Å². The minimum atomic E-state index is 0.299. The van der Waals surface area contributed by atoms with E-state index in [1.807, 2.05) is 0 Å². The molecule has 0 heterocycles. The summed E-state index contributed by atoms with van der Waals surface area (Å²) in [6.07, 6.45) is 4.60. The summed E-state index contributed by atoms with van der Waals surface area (Å²) >= 11 is 0. The van der Waals surface area contributed by atoms with E-state index >= 15 is 0 Å². The van der Waals surface area contributed by atoms with Crippen molar-refractivity contribution in [1.82, 2.24) is 0 Å². The fourth-order valence-electron chi connectivity index (χ4n) is 2.06. The summed E-state index contributed by atoms with van der Waals surface area (Å²) in [6.45, 7) is 17.8. The normalized spacial score (nSPS) is 19.2. The molecule has 0 rings (SSSR count). The largest absolute Gasteiger partial charge is 0.103 e. The van der Waals surface area contributed by atoms with Crippen molar-refractivity contribution in [1.29, 1.82) is 0 Å². The van der Waals surface area contributed by atoms with Gasteiger partial charge in [-0.05, 0) is 23.2 Å². The topological polar surface area (TPSA) is 0 Å². The van der Waals surface area contributed by atoms with Crippen molar-refractivity contribution < 1.29 is 0 Å². The molecule has 2 unspecified atom stereocenters. The summed E-state index contributed by atoms with van der Waals surface area (Å²) < 4.78 is 0. The van der Waals surface area contributed by atoms with Gasteiger partial charge in [0.1, 0.15) is 0 Å². The van der Waals surface area contributed by atoms with E-state index in [-0.39, 0.29) is 0 Å². The molecule has 78 valence electrons. The fourth-order valence-corrected chi connectivity index (χ4v) is 2.06. The van der Waals surface area contributed by atoms with Crippen molar-refractivity contribution in [3.05, 3.63) is 12.7 Å². The van der Waals surface area contributed by atoms with Crippen LogP contribution in [-0.4, -0.2) is 0 Å². The van der Waals surface area contributed by atoms with Crippen LogP contribution in [0.2, 0.25) is 0 Å². The Bertz CT molecular complexity index is 161. The highest BCUT2D eigenvalue weighted by molar-refractivity contribution is 4.96. The van der Waals surface area contributed by atoms with Crippen LogP contribution in [0.1, 0.15) is 54.4 Å². The molecule has 0 aromatic heterocycles. The Kier molecular flexibility index (Phi) is 4.22. The quantitative estimate of drug-likeness (QED) is 0.555. The van der Waals surface area contributed by atoms with Crippen molar-refractivity contribution in [2.75, 3.05) is 0 Å². The number of hydrogen-bond acceptors (Lipinski definition) is 0. The molecule has 0 saturated carbocycles. The van der Waals surface area contributed by atoms with Crippen LogP contribution in [0, 0.1) is 16.7 Å². The van der Waals surface area contributed by atoms with Gasteiger partial charge in [0.2, 0.25) is 0 Å². The molecule has 0 aliphatic rings. The van der Waals surface area contributed by atoms with Gasteiger partial charge in [0.15, 0.2) is 0 Å². The molecule has 0 bridgehead atoms. The maximum atomic E-state index is 3.99. The molecular weight excluding hydrogens is 156 g/mol. The smallest absolute Gasteiger partial charge is 0.0119 e. The second-order valence-corrected chi connectivity index (χ2v) is 5.76. The lowest BCUT2D eigenvalue weighted by Gasteiger charge is -2.37. The molecule has 0 N–H and O–H groups in total. The first-order valence-corrected chi connectivity index (χ1v) is 5.39. The van der Waals surface area contributed by atoms with E-state index in [2.05, 4.69) is 54.2 Å². The molecule has 0 aliphatic carbocycles. The summed E-state index contributed by atoms with van der Waals surface area (Å²) in [7, 11) is 0. The lowest BCUT2D eigenvalue weighted by atomic mass is 9.67. The summed E-state index contributed by atoms with van der Waals surface area (Å²) in [5.74, 6) is 0.726. The molecule has 0 saturated heterocycles. The van der Waals surface area contributed by atoms with Crippen molar-refractivity contribution in [2.24, 2.45) is 16.7 Å². The zero-order chi connectivity index (χ0) is 10.7. The van der Waals surface area contributed by atoms with Gasteiger partial charge in [-0.2, -0.15) is 0 Å². The minimum Gasteiger partial charge on any atom is -0.103 e. The van der Waals surface area contributed by atoms with Crippen molar-refractivity contribution in [3.8, 4) is 0 Å². The van der Waals surface area contributed by atoms with Crippen LogP contribution in [0.3, 0.4) is 0 Å². The zero-order valence-electron chi connectivity index (χ0n) is 10.3. The summed E-state index contributed by atoms with van der Waals surface area (Å²) in [5, 5.41) is 0. The maximum absolute atomic E-state index is 3.99. The molecule has 0 aromatic rings. The van der Waals surface area contributed by atoms with E-state index in [1.54, 1.807) is 0 Å². The van der Waals surface area contributed by atoms with E-state index in [4.69, 9.17) is 0 Å². The van der Waals surface area contributed by atoms with Gasteiger partial charge in [-0.25, -0.2) is 0 Å². The van der Waals surface area contributed by atoms with Crippen LogP contribution >= 0.6 is 0 Å². The van der Waals surface area contributed by atoms with E-state index in [1.165, 1.54) is 12.8 Å². The Morgan fingerprint density at radius 1 is 1.23 bits per heavy atom. The standard InChI is InChI=1S/C13H26/c1-8-11(3)13(7,9-2)10-12(4,5)6/h9,11H,2,8,10H2,1,3-7H3. The Labute approximate surface area is 84.4 Å². The van der Waals surface area contributed by atoms with Crippen LogP contribution in [0.15, 0.2) is 12.7 Å². The molecule has 0 nitrogen and oxygen atoms in total. The Hall–Kier alpha value is -0.260. The summed E-state index contributed by atoms with van der Waals surface area (Å²) in [4.78, 5) is 0. The molecular formula is C13H26. The van der Waals surface area contributed by atoms with Gasteiger partial charge < -0.3 is 0 Å². The van der Waals surface area contributed by atoms with E-state index in [9.17, 15) is 0 Å². The molecule has 13 heavy (non-hydrogen) atoms. The second-order valence-electron chi connectivity index (χ2n) is 5.76. The zero-order valence-corrected chi connectivity index (χ0v) is 10.3. The summed E-state index contributed by atoms with van der Waals surface area (Å²) in [6, 6.07) is 0. The number of hydrogen-bond donors (Lipinski definition) is 0. The Balaban J connectivity index is 4.55. The van der Waals surface area contributed by atoms with Gasteiger partial charge in [-0.1, -0.05) is 54.0 Å².